The Hall–Kier alpha value is -2.30. The molecule has 1 saturated heterocycles. The Bertz CT molecular complexity index is 1200. The van der Waals surface area contributed by atoms with Crippen molar-refractivity contribution >= 4 is 31.0 Å². The fourth-order valence-electron chi connectivity index (χ4n) is 2.89. The Morgan fingerprint density at radius 3 is 2.87 bits per heavy atom. The van der Waals surface area contributed by atoms with Crippen molar-refractivity contribution in [1.29, 1.82) is 0 Å². The minimum Gasteiger partial charge on any atom is -0.403 e. The number of ether oxygens (including phenoxy) is 1. The van der Waals surface area contributed by atoms with Gasteiger partial charge >= 0.3 is 13.5 Å². The third-order valence-corrected chi connectivity index (χ3v) is 5.80. The maximum absolute atomic E-state index is 12.3. The Morgan fingerprint density at radius 2 is 2.19 bits per heavy atom. The van der Waals surface area contributed by atoms with E-state index in [0.29, 0.717) is 5.02 Å². The average molecular weight is 492 g/mol. The zero-order chi connectivity index (χ0) is 22.8. The number of H-pyrrole nitrogens is 1. The van der Waals surface area contributed by atoms with Crippen molar-refractivity contribution in [3.05, 3.63) is 71.3 Å². The van der Waals surface area contributed by atoms with Crippen molar-refractivity contribution < 1.29 is 23.2 Å². The van der Waals surface area contributed by atoms with E-state index in [1.807, 2.05) is 0 Å². The predicted octanol–water partition coefficient (Wildman–Crippen LogP) is 3.31. The number of nitrogens with one attached hydrogen (secondary N) is 1. The molecule has 3 rings (SSSR count). The fourth-order valence-corrected chi connectivity index (χ4v) is 4.19. The topological polar surface area (TPSA) is 169 Å². The number of phosphoric acid groups is 1. The maximum Gasteiger partial charge on any atom is 0.527 e. The highest BCUT2D eigenvalue weighted by molar-refractivity contribution is 7.47. The lowest BCUT2D eigenvalue weighted by Crippen LogP contribution is -2.33. The molecular formula is C16H16Cl2N5O7P. The number of hydrogen-bond acceptors (Lipinski definition) is 7. The Kier molecular flexibility index (Phi) is 7.13. The molecule has 1 aromatic heterocycles. The number of halogens is 2. The first-order chi connectivity index (χ1) is 14.6. The van der Waals surface area contributed by atoms with Crippen LogP contribution >= 0.6 is 31.0 Å². The SMILES string of the molecule is Cc1cn([C@H]2CC(N=[N+]=[N-])[C@@H](COP(=O)(O)Oc3ccc(Cl)cc3Cl)O2)c(=O)[nH]c1=O. The highest BCUT2D eigenvalue weighted by atomic mass is 35.5. The van der Waals surface area contributed by atoms with Crippen LogP contribution in [-0.2, 0) is 13.8 Å². The van der Waals surface area contributed by atoms with Crippen LogP contribution in [0.5, 0.6) is 5.75 Å². The van der Waals surface area contributed by atoms with Crippen molar-refractivity contribution in [3.63, 3.8) is 0 Å². The van der Waals surface area contributed by atoms with Crippen molar-refractivity contribution in [3.8, 4) is 5.75 Å². The first-order valence-electron chi connectivity index (χ1n) is 8.73. The molecule has 0 amide bonds. The van der Waals surface area contributed by atoms with E-state index < -0.39 is 44.1 Å². The molecule has 2 aromatic rings. The van der Waals surface area contributed by atoms with Gasteiger partial charge in [-0.15, -0.1) is 0 Å². The van der Waals surface area contributed by atoms with E-state index in [0.717, 1.165) is 4.57 Å². The molecule has 1 aliphatic rings. The van der Waals surface area contributed by atoms with Crippen LogP contribution in [0.2, 0.25) is 10.0 Å². The lowest BCUT2D eigenvalue weighted by atomic mass is 10.1. The molecule has 2 heterocycles. The number of benzene rings is 1. The van der Waals surface area contributed by atoms with Gasteiger partial charge in [-0.1, -0.05) is 28.3 Å². The highest BCUT2D eigenvalue weighted by Crippen LogP contribution is 2.47. The zero-order valence-corrected chi connectivity index (χ0v) is 18.3. The molecule has 15 heteroatoms. The standard InChI is InChI=1S/C16H16Cl2N5O7P/c1-8-6-23(16(25)20-15(8)24)14-5-11(21-22-19)13(29-14)7-28-31(26,27)30-12-3-2-9(17)4-10(12)18/h2-4,6,11,13-14H,5,7H2,1H3,(H,26,27)(H,20,24,25)/t11?,13-,14-/m1/s1. The van der Waals surface area contributed by atoms with Gasteiger partial charge in [-0.25, -0.2) is 9.36 Å². The number of aryl methyl sites for hydroxylation is 1. The van der Waals surface area contributed by atoms with Gasteiger partial charge in [0.15, 0.2) is 0 Å². The molecule has 0 spiro atoms. The van der Waals surface area contributed by atoms with E-state index in [1.54, 1.807) is 0 Å². The molecule has 0 saturated carbocycles. The molecule has 2 unspecified atom stereocenters. The number of phosphoric ester groups is 1. The minimum absolute atomic E-state index is 0.00216. The maximum atomic E-state index is 12.3. The van der Waals surface area contributed by atoms with Gasteiger partial charge in [0.05, 0.1) is 23.8 Å². The van der Waals surface area contributed by atoms with Gasteiger partial charge in [0.2, 0.25) is 0 Å². The predicted molar refractivity (Wildman–Crippen MR) is 110 cm³/mol. The van der Waals surface area contributed by atoms with Gasteiger partial charge in [0, 0.05) is 28.1 Å². The van der Waals surface area contributed by atoms with E-state index in [4.69, 9.17) is 42.5 Å². The Morgan fingerprint density at radius 1 is 1.45 bits per heavy atom. The molecule has 31 heavy (non-hydrogen) atoms. The van der Waals surface area contributed by atoms with Crippen LogP contribution < -0.4 is 15.8 Å². The summed E-state index contributed by atoms with van der Waals surface area (Å²) < 4.78 is 29.1. The van der Waals surface area contributed by atoms with E-state index in [9.17, 15) is 19.0 Å². The third-order valence-electron chi connectivity index (χ3n) is 4.37. The van der Waals surface area contributed by atoms with Crippen LogP contribution in [0.25, 0.3) is 10.4 Å². The van der Waals surface area contributed by atoms with E-state index in [-0.39, 0.29) is 22.8 Å². The zero-order valence-electron chi connectivity index (χ0n) is 15.8. The molecule has 0 radical (unpaired) electrons. The van der Waals surface area contributed by atoms with E-state index in [1.165, 1.54) is 31.3 Å². The smallest absolute Gasteiger partial charge is 0.403 e. The average Bonchev–Trinajstić information content (AvgIpc) is 3.08. The number of nitrogens with zero attached hydrogens (tertiary/aromatic N) is 4. The number of azide groups is 1. The number of rotatable bonds is 7. The first-order valence-corrected chi connectivity index (χ1v) is 11.0. The summed E-state index contributed by atoms with van der Waals surface area (Å²) in [4.78, 5) is 38.5. The van der Waals surface area contributed by atoms with Gasteiger partial charge in [-0.3, -0.25) is 23.8 Å². The fraction of sp³-hybridized carbons (Fsp3) is 0.375. The van der Waals surface area contributed by atoms with Crippen molar-refractivity contribution in [1.82, 2.24) is 9.55 Å². The van der Waals surface area contributed by atoms with Crippen molar-refractivity contribution in [2.75, 3.05) is 6.61 Å². The summed E-state index contributed by atoms with van der Waals surface area (Å²) >= 11 is 11.7. The monoisotopic (exact) mass is 491 g/mol. The lowest BCUT2D eigenvalue weighted by molar-refractivity contribution is -0.0263. The minimum atomic E-state index is -4.63. The summed E-state index contributed by atoms with van der Waals surface area (Å²) in [5, 5.41) is 3.91. The highest BCUT2D eigenvalue weighted by Gasteiger charge is 2.38. The summed E-state index contributed by atoms with van der Waals surface area (Å²) in [7, 11) is -4.63. The Labute approximate surface area is 184 Å². The number of aromatic nitrogens is 2. The summed E-state index contributed by atoms with van der Waals surface area (Å²) in [6, 6.07) is 3.22. The van der Waals surface area contributed by atoms with Gasteiger partial charge in [-0.2, -0.15) is 0 Å². The van der Waals surface area contributed by atoms with Gasteiger partial charge < -0.3 is 9.26 Å². The van der Waals surface area contributed by atoms with Crippen LogP contribution in [-0.4, -0.2) is 33.2 Å². The summed E-state index contributed by atoms with van der Waals surface area (Å²) in [5.74, 6) is -0.121. The quantitative estimate of drug-likeness (QED) is 0.259. The van der Waals surface area contributed by atoms with Crippen molar-refractivity contribution in [2.24, 2.45) is 5.11 Å². The number of aromatic amines is 1. The van der Waals surface area contributed by atoms with Crippen LogP contribution in [0.4, 0.5) is 0 Å². The summed E-state index contributed by atoms with van der Waals surface area (Å²) in [6.07, 6.45) is -0.477. The third kappa shape index (κ3) is 5.69. The molecular weight excluding hydrogens is 476 g/mol. The van der Waals surface area contributed by atoms with E-state index in [2.05, 4.69) is 15.0 Å². The Balaban J connectivity index is 1.73. The molecule has 1 fully saturated rings. The molecule has 12 nitrogen and oxygen atoms in total. The second-order valence-corrected chi connectivity index (χ2v) is 8.77. The second-order valence-electron chi connectivity index (χ2n) is 6.55. The normalized spacial score (nSPS) is 22.5. The molecule has 2 N–H and O–H groups in total. The van der Waals surface area contributed by atoms with E-state index >= 15 is 0 Å². The van der Waals surface area contributed by atoms with Crippen LogP contribution in [0, 0.1) is 6.92 Å². The summed E-state index contributed by atoms with van der Waals surface area (Å²) in [5.41, 5.74) is 7.83. The number of hydrogen-bond donors (Lipinski definition) is 2. The molecule has 1 aliphatic heterocycles. The molecule has 4 atom stereocenters. The molecule has 0 bridgehead atoms. The van der Waals surface area contributed by atoms with Gasteiger partial charge in [0.1, 0.15) is 12.0 Å². The largest absolute Gasteiger partial charge is 0.527 e. The molecule has 1 aromatic carbocycles. The van der Waals surface area contributed by atoms with Crippen LogP contribution in [0.1, 0.15) is 18.2 Å². The lowest BCUT2D eigenvalue weighted by Gasteiger charge is -2.19. The molecule has 0 aliphatic carbocycles. The van der Waals surface area contributed by atoms with Crippen molar-refractivity contribution in [2.45, 2.75) is 31.7 Å². The summed E-state index contributed by atoms with van der Waals surface area (Å²) in [6.45, 7) is 1.02. The molecule has 166 valence electrons. The van der Waals surface area contributed by atoms with Gasteiger partial charge in [-0.05, 0) is 30.7 Å². The van der Waals surface area contributed by atoms with Gasteiger partial charge in [0.25, 0.3) is 5.56 Å². The van der Waals surface area contributed by atoms with Crippen LogP contribution in [0.15, 0.2) is 39.1 Å². The van der Waals surface area contributed by atoms with Crippen LogP contribution in [0.3, 0.4) is 0 Å². The second kappa shape index (κ2) is 9.46. The first kappa shape index (κ1) is 23.4.